The predicted octanol–water partition coefficient (Wildman–Crippen LogP) is 4.66. The molecule has 0 amide bonds. The minimum absolute atomic E-state index is 0.0427. The van der Waals surface area contributed by atoms with Gasteiger partial charge in [0.15, 0.2) is 0 Å². The van der Waals surface area contributed by atoms with Gasteiger partial charge in [0.25, 0.3) is 0 Å². The van der Waals surface area contributed by atoms with Gasteiger partial charge < -0.3 is 5.32 Å². The summed E-state index contributed by atoms with van der Waals surface area (Å²) in [4.78, 5) is 0. The number of hydrogen-bond acceptors (Lipinski definition) is 1. The fraction of sp³-hybridized carbons (Fsp3) is 0.294. The maximum absolute atomic E-state index is 13.4. The first-order valence-corrected chi connectivity index (χ1v) is 7.49. The first-order chi connectivity index (χ1) is 9.50. The molecule has 0 aliphatic heterocycles. The normalized spacial score (nSPS) is 11.6. The van der Waals surface area contributed by atoms with E-state index in [1.807, 2.05) is 12.1 Å². The van der Waals surface area contributed by atoms with E-state index in [0.717, 1.165) is 12.1 Å². The summed E-state index contributed by atoms with van der Waals surface area (Å²) >= 11 is 3.29. The molecule has 0 unspecified atom stereocenters. The number of hydrogen-bond donors (Lipinski definition) is 1. The molecule has 0 fully saturated rings. The first kappa shape index (κ1) is 15.2. The van der Waals surface area contributed by atoms with E-state index in [9.17, 15) is 4.39 Å². The zero-order valence-electron chi connectivity index (χ0n) is 11.8. The van der Waals surface area contributed by atoms with Crippen molar-refractivity contribution in [3.8, 4) is 0 Å². The molecule has 2 rings (SSSR count). The third kappa shape index (κ3) is 3.68. The molecule has 0 aromatic heterocycles. The average molecular weight is 336 g/mol. The van der Waals surface area contributed by atoms with Gasteiger partial charge in [0, 0.05) is 18.5 Å². The van der Waals surface area contributed by atoms with E-state index >= 15 is 0 Å². The summed E-state index contributed by atoms with van der Waals surface area (Å²) in [7, 11) is 0. The van der Waals surface area contributed by atoms with Crippen molar-refractivity contribution in [2.75, 3.05) is 6.54 Å². The van der Waals surface area contributed by atoms with Crippen molar-refractivity contribution in [1.29, 1.82) is 0 Å². The molecule has 1 nitrogen and oxygen atoms in total. The second-order valence-electron chi connectivity index (χ2n) is 5.57. The smallest absolute Gasteiger partial charge is 0.137 e. The third-order valence-corrected chi connectivity index (χ3v) is 4.36. The Balaban J connectivity index is 1.97. The first-order valence-electron chi connectivity index (χ1n) is 6.70. The number of halogens is 2. The van der Waals surface area contributed by atoms with Gasteiger partial charge in [-0.2, -0.15) is 0 Å². The van der Waals surface area contributed by atoms with Crippen LogP contribution in [0.5, 0.6) is 0 Å². The standard InChI is InChI=1S/C17H19BrFN/c1-17(2,14-8-4-3-5-9-14)12-20-11-13-7-6-10-15(19)16(13)18/h3-10,20H,11-12H2,1-2H3. The molecule has 106 valence electrons. The Morgan fingerprint density at radius 1 is 1.05 bits per heavy atom. The summed E-state index contributed by atoms with van der Waals surface area (Å²) in [6, 6.07) is 15.5. The summed E-state index contributed by atoms with van der Waals surface area (Å²) < 4.78 is 14.0. The third-order valence-electron chi connectivity index (χ3n) is 3.47. The summed E-state index contributed by atoms with van der Waals surface area (Å²) in [6.07, 6.45) is 0. The average Bonchev–Trinajstić information content (AvgIpc) is 2.44. The van der Waals surface area contributed by atoms with Gasteiger partial charge in [-0.05, 0) is 33.1 Å². The van der Waals surface area contributed by atoms with Crippen molar-refractivity contribution < 1.29 is 4.39 Å². The minimum atomic E-state index is -0.216. The molecule has 2 aromatic carbocycles. The second kappa shape index (κ2) is 6.51. The summed E-state index contributed by atoms with van der Waals surface area (Å²) in [5.41, 5.74) is 2.28. The fourth-order valence-corrected chi connectivity index (χ4v) is 2.59. The van der Waals surface area contributed by atoms with E-state index in [1.165, 1.54) is 11.6 Å². The van der Waals surface area contributed by atoms with Crippen molar-refractivity contribution >= 4 is 15.9 Å². The van der Waals surface area contributed by atoms with E-state index in [2.05, 4.69) is 59.4 Å². The van der Waals surface area contributed by atoms with Gasteiger partial charge in [-0.3, -0.25) is 0 Å². The molecule has 0 aliphatic carbocycles. The maximum Gasteiger partial charge on any atom is 0.137 e. The molecule has 1 N–H and O–H groups in total. The quantitative estimate of drug-likeness (QED) is 0.838. The lowest BCUT2D eigenvalue weighted by atomic mass is 9.84. The van der Waals surface area contributed by atoms with Gasteiger partial charge in [0.05, 0.1) is 4.47 Å². The van der Waals surface area contributed by atoms with Crippen LogP contribution in [0.2, 0.25) is 0 Å². The van der Waals surface area contributed by atoms with Crippen LogP contribution in [-0.4, -0.2) is 6.54 Å². The van der Waals surface area contributed by atoms with E-state index in [-0.39, 0.29) is 11.2 Å². The highest BCUT2D eigenvalue weighted by Crippen LogP contribution is 2.23. The molecular weight excluding hydrogens is 317 g/mol. The molecule has 2 aromatic rings. The summed E-state index contributed by atoms with van der Waals surface area (Å²) in [6.45, 7) is 5.89. The zero-order chi connectivity index (χ0) is 14.6. The van der Waals surface area contributed by atoms with E-state index < -0.39 is 0 Å². The molecule has 0 spiro atoms. The Morgan fingerprint density at radius 2 is 1.75 bits per heavy atom. The van der Waals surface area contributed by atoms with Crippen LogP contribution in [0, 0.1) is 5.82 Å². The molecule has 3 heteroatoms. The van der Waals surface area contributed by atoms with E-state index in [1.54, 1.807) is 6.07 Å². The number of benzene rings is 2. The van der Waals surface area contributed by atoms with Crippen molar-refractivity contribution in [2.45, 2.75) is 25.8 Å². The summed E-state index contributed by atoms with van der Waals surface area (Å²) in [5.74, 6) is -0.216. The molecule has 0 heterocycles. The Kier molecular flexibility index (Phi) is 4.95. The molecule has 0 saturated heterocycles. The van der Waals surface area contributed by atoms with Gasteiger partial charge in [-0.15, -0.1) is 0 Å². The SMILES string of the molecule is CC(C)(CNCc1cccc(F)c1Br)c1ccccc1. The van der Waals surface area contributed by atoms with Crippen molar-refractivity contribution in [1.82, 2.24) is 5.32 Å². The van der Waals surface area contributed by atoms with Crippen LogP contribution < -0.4 is 5.32 Å². The van der Waals surface area contributed by atoms with Gasteiger partial charge in [-0.25, -0.2) is 4.39 Å². The van der Waals surface area contributed by atoms with Gasteiger partial charge in [0.1, 0.15) is 5.82 Å². The molecule has 0 aliphatic rings. The van der Waals surface area contributed by atoms with Crippen molar-refractivity contribution in [3.05, 3.63) is 69.9 Å². The Morgan fingerprint density at radius 3 is 2.45 bits per heavy atom. The monoisotopic (exact) mass is 335 g/mol. The highest BCUT2D eigenvalue weighted by Gasteiger charge is 2.19. The lowest BCUT2D eigenvalue weighted by Crippen LogP contribution is -2.32. The maximum atomic E-state index is 13.4. The van der Waals surface area contributed by atoms with E-state index in [0.29, 0.717) is 11.0 Å². The second-order valence-corrected chi connectivity index (χ2v) is 6.36. The summed E-state index contributed by atoms with van der Waals surface area (Å²) in [5, 5.41) is 3.41. The van der Waals surface area contributed by atoms with Gasteiger partial charge >= 0.3 is 0 Å². The highest BCUT2D eigenvalue weighted by atomic mass is 79.9. The lowest BCUT2D eigenvalue weighted by molar-refractivity contribution is 0.468. The van der Waals surface area contributed by atoms with Crippen LogP contribution in [0.25, 0.3) is 0 Å². The zero-order valence-corrected chi connectivity index (χ0v) is 13.4. The van der Waals surface area contributed by atoms with Crippen LogP contribution >= 0.6 is 15.9 Å². The molecule has 0 saturated carbocycles. The fourth-order valence-electron chi connectivity index (χ4n) is 2.19. The Hall–Kier alpha value is -1.19. The van der Waals surface area contributed by atoms with Crippen LogP contribution in [0.3, 0.4) is 0 Å². The molecule has 0 atom stereocenters. The molecular formula is C17H19BrFN. The molecule has 20 heavy (non-hydrogen) atoms. The molecule has 0 bridgehead atoms. The van der Waals surface area contributed by atoms with Crippen LogP contribution in [-0.2, 0) is 12.0 Å². The van der Waals surface area contributed by atoms with Crippen molar-refractivity contribution in [3.63, 3.8) is 0 Å². The largest absolute Gasteiger partial charge is 0.312 e. The lowest BCUT2D eigenvalue weighted by Gasteiger charge is -2.26. The number of nitrogens with one attached hydrogen (secondary N) is 1. The Bertz CT molecular complexity index is 566. The highest BCUT2D eigenvalue weighted by molar-refractivity contribution is 9.10. The van der Waals surface area contributed by atoms with Crippen molar-refractivity contribution in [2.24, 2.45) is 0 Å². The van der Waals surface area contributed by atoms with E-state index in [4.69, 9.17) is 0 Å². The van der Waals surface area contributed by atoms with Gasteiger partial charge in [-0.1, -0.05) is 56.3 Å². The predicted molar refractivity (Wildman–Crippen MR) is 85.3 cm³/mol. The minimum Gasteiger partial charge on any atom is -0.312 e. The Labute approximate surface area is 128 Å². The molecule has 0 radical (unpaired) electrons. The van der Waals surface area contributed by atoms with Gasteiger partial charge in [0.2, 0.25) is 0 Å². The van der Waals surface area contributed by atoms with Crippen LogP contribution in [0.15, 0.2) is 53.0 Å². The number of rotatable bonds is 5. The van der Waals surface area contributed by atoms with Crippen LogP contribution in [0.4, 0.5) is 4.39 Å². The topological polar surface area (TPSA) is 12.0 Å². The van der Waals surface area contributed by atoms with Crippen LogP contribution in [0.1, 0.15) is 25.0 Å².